The third-order valence-electron chi connectivity index (χ3n) is 4.99. The van der Waals surface area contributed by atoms with Gasteiger partial charge in [0.15, 0.2) is 0 Å². The molecule has 2 aromatic carbocycles. The SMILES string of the molecule is Cc1nn(Cn2nc(-c3ccc(Br)cc3)c(C)c2-c2ccc(Br)cc2)c(C)c1Cl. The van der Waals surface area contributed by atoms with Gasteiger partial charge >= 0.3 is 0 Å². The number of aromatic nitrogens is 4. The first-order valence-corrected chi connectivity index (χ1v) is 11.1. The molecule has 0 saturated carbocycles. The summed E-state index contributed by atoms with van der Waals surface area (Å²) in [7, 11) is 0. The standard InChI is InChI=1S/C22H19Br2ClN4/c1-13-21(16-4-8-18(23)9-5-16)27-29(12-28-15(3)20(25)14(2)26-28)22(13)17-6-10-19(24)11-7-17/h4-11H,12H2,1-3H3. The van der Waals surface area contributed by atoms with Gasteiger partial charge < -0.3 is 0 Å². The molecule has 148 valence electrons. The summed E-state index contributed by atoms with van der Waals surface area (Å²) in [6.07, 6.45) is 0. The number of nitrogens with zero attached hydrogens (tertiary/aromatic N) is 4. The van der Waals surface area contributed by atoms with Crippen LogP contribution in [0.4, 0.5) is 0 Å². The first-order chi connectivity index (χ1) is 13.8. The van der Waals surface area contributed by atoms with E-state index in [-0.39, 0.29) is 0 Å². The van der Waals surface area contributed by atoms with Crippen LogP contribution in [0.15, 0.2) is 57.5 Å². The molecule has 7 heteroatoms. The molecule has 0 spiro atoms. The first-order valence-electron chi connectivity index (χ1n) is 9.14. The van der Waals surface area contributed by atoms with Crippen LogP contribution in [0.1, 0.15) is 17.0 Å². The van der Waals surface area contributed by atoms with Crippen LogP contribution >= 0.6 is 43.5 Å². The summed E-state index contributed by atoms with van der Waals surface area (Å²) in [5.41, 5.74) is 7.10. The third-order valence-corrected chi connectivity index (χ3v) is 6.59. The van der Waals surface area contributed by atoms with Crippen molar-refractivity contribution in [1.82, 2.24) is 19.6 Å². The summed E-state index contributed by atoms with van der Waals surface area (Å²) < 4.78 is 6.00. The lowest BCUT2D eigenvalue weighted by Crippen LogP contribution is -2.13. The van der Waals surface area contributed by atoms with Gasteiger partial charge in [0.25, 0.3) is 0 Å². The summed E-state index contributed by atoms with van der Waals surface area (Å²) in [5, 5.41) is 10.3. The minimum Gasteiger partial charge on any atom is -0.246 e. The second-order valence-corrected chi connectivity index (χ2v) is 9.17. The molecule has 4 nitrogen and oxygen atoms in total. The second kappa shape index (κ2) is 8.09. The summed E-state index contributed by atoms with van der Waals surface area (Å²) >= 11 is 13.4. The molecule has 4 rings (SSSR count). The van der Waals surface area contributed by atoms with E-state index < -0.39 is 0 Å². The Bertz CT molecular complexity index is 1180. The topological polar surface area (TPSA) is 35.6 Å². The van der Waals surface area contributed by atoms with Crippen LogP contribution in [-0.4, -0.2) is 19.6 Å². The van der Waals surface area contributed by atoms with Crippen molar-refractivity contribution in [3.8, 4) is 22.5 Å². The lowest BCUT2D eigenvalue weighted by atomic mass is 10.0. The second-order valence-electron chi connectivity index (χ2n) is 6.96. The van der Waals surface area contributed by atoms with Crippen LogP contribution in [0.2, 0.25) is 5.02 Å². The fraction of sp³-hybridized carbons (Fsp3) is 0.182. The van der Waals surface area contributed by atoms with Crippen LogP contribution in [0, 0.1) is 20.8 Å². The highest BCUT2D eigenvalue weighted by molar-refractivity contribution is 9.10. The Morgan fingerprint density at radius 1 is 0.793 bits per heavy atom. The third kappa shape index (κ3) is 3.93. The molecule has 2 aromatic heterocycles. The average molecular weight is 535 g/mol. The summed E-state index contributed by atoms with van der Waals surface area (Å²) in [6.45, 7) is 6.51. The Hall–Kier alpha value is -1.89. The monoisotopic (exact) mass is 532 g/mol. The van der Waals surface area contributed by atoms with E-state index in [2.05, 4.69) is 68.1 Å². The van der Waals surface area contributed by atoms with E-state index in [1.807, 2.05) is 47.5 Å². The van der Waals surface area contributed by atoms with Gasteiger partial charge in [0.2, 0.25) is 0 Å². The maximum Gasteiger partial charge on any atom is 0.134 e. The molecule has 0 unspecified atom stereocenters. The van der Waals surface area contributed by atoms with Crippen molar-refractivity contribution in [3.63, 3.8) is 0 Å². The van der Waals surface area contributed by atoms with E-state index in [0.29, 0.717) is 11.7 Å². The van der Waals surface area contributed by atoms with Crippen molar-refractivity contribution in [1.29, 1.82) is 0 Å². The molecule has 0 aliphatic rings. The van der Waals surface area contributed by atoms with Crippen molar-refractivity contribution < 1.29 is 0 Å². The summed E-state index contributed by atoms with van der Waals surface area (Å²) in [4.78, 5) is 0. The zero-order valence-corrected chi connectivity index (χ0v) is 20.2. The molecule has 0 fully saturated rings. The van der Waals surface area contributed by atoms with Crippen molar-refractivity contribution in [2.75, 3.05) is 0 Å². The normalized spacial score (nSPS) is 11.2. The van der Waals surface area contributed by atoms with Gasteiger partial charge in [-0.3, -0.25) is 0 Å². The number of hydrogen-bond donors (Lipinski definition) is 0. The molecule has 0 radical (unpaired) electrons. The number of rotatable bonds is 4. The fourth-order valence-electron chi connectivity index (χ4n) is 3.45. The largest absolute Gasteiger partial charge is 0.246 e. The van der Waals surface area contributed by atoms with Crippen molar-refractivity contribution in [2.24, 2.45) is 0 Å². The minimum absolute atomic E-state index is 0.488. The quantitative estimate of drug-likeness (QED) is 0.282. The van der Waals surface area contributed by atoms with Gasteiger partial charge in [-0.15, -0.1) is 0 Å². The fourth-order valence-corrected chi connectivity index (χ4v) is 4.11. The van der Waals surface area contributed by atoms with Gasteiger partial charge in [-0.1, -0.05) is 67.7 Å². The highest BCUT2D eigenvalue weighted by Crippen LogP contribution is 2.33. The Balaban J connectivity index is 1.87. The van der Waals surface area contributed by atoms with Gasteiger partial charge in [-0.2, -0.15) is 10.2 Å². The Labute approximate surface area is 191 Å². The lowest BCUT2D eigenvalue weighted by molar-refractivity contribution is 0.496. The Morgan fingerprint density at radius 3 is 1.86 bits per heavy atom. The molecule has 0 N–H and O–H groups in total. The highest BCUT2D eigenvalue weighted by atomic mass is 79.9. The zero-order valence-electron chi connectivity index (χ0n) is 16.2. The number of hydrogen-bond acceptors (Lipinski definition) is 2. The molecule has 4 aromatic rings. The predicted molar refractivity (Wildman–Crippen MR) is 125 cm³/mol. The van der Waals surface area contributed by atoms with Crippen LogP contribution in [0.3, 0.4) is 0 Å². The van der Waals surface area contributed by atoms with Gasteiger partial charge in [0.1, 0.15) is 6.67 Å². The molecule has 0 amide bonds. The number of halogens is 3. The Kier molecular flexibility index (Phi) is 5.69. The molecular weight excluding hydrogens is 516 g/mol. The van der Waals surface area contributed by atoms with Crippen LogP contribution < -0.4 is 0 Å². The molecule has 0 bridgehead atoms. The molecule has 29 heavy (non-hydrogen) atoms. The van der Waals surface area contributed by atoms with Gasteiger partial charge in [-0.25, -0.2) is 9.36 Å². The minimum atomic E-state index is 0.488. The predicted octanol–water partition coefficient (Wildman–Crippen LogP) is 7.02. The highest BCUT2D eigenvalue weighted by Gasteiger charge is 2.19. The number of benzene rings is 2. The Morgan fingerprint density at radius 2 is 1.34 bits per heavy atom. The zero-order chi connectivity index (χ0) is 20.7. The van der Waals surface area contributed by atoms with Crippen LogP contribution in [-0.2, 0) is 6.67 Å². The number of aryl methyl sites for hydroxylation is 1. The maximum absolute atomic E-state index is 6.36. The average Bonchev–Trinajstić information content (AvgIpc) is 3.15. The first kappa shape index (κ1) is 20.4. The summed E-state index contributed by atoms with van der Waals surface area (Å²) in [5.74, 6) is 0. The van der Waals surface area contributed by atoms with Gasteiger partial charge in [-0.05, 0) is 45.0 Å². The van der Waals surface area contributed by atoms with Crippen LogP contribution in [0.25, 0.3) is 22.5 Å². The molecule has 0 saturated heterocycles. The van der Waals surface area contributed by atoms with Crippen LogP contribution in [0.5, 0.6) is 0 Å². The van der Waals surface area contributed by atoms with E-state index >= 15 is 0 Å². The molecular formula is C22H19Br2ClN4. The molecule has 2 heterocycles. The van der Waals surface area contributed by atoms with E-state index in [1.54, 1.807) is 0 Å². The summed E-state index contributed by atoms with van der Waals surface area (Å²) in [6, 6.07) is 16.5. The van der Waals surface area contributed by atoms with Crippen molar-refractivity contribution >= 4 is 43.5 Å². The van der Waals surface area contributed by atoms with Gasteiger partial charge in [0, 0.05) is 25.6 Å². The van der Waals surface area contributed by atoms with E-state index in [9.17, 15) is 0 Å². The van der Waals surface area contributed by atoms with Gasteiger partial charge in [0.05, 0.1) is 27.8 Å². The molecule has 0 aliphatic carbocycles. The van der Waals surface area contributed by atoms with Crippen molar-refractivity contribution in [2.45, 2.75) is 27.4 Å². The molecule has 0 atom stereocenters. The van der Waals surface area contributed by atoms with E-state index in [1.165, 1.54) is 0 Å². The van der Waals surface area contributed by atoms with E-state index in [4.69, 9.17) is 16.7 Å². The lowest BCUT2D eigenvalue weighted by Gasteiger charge is -2.10. The van der Waals surface area contributed by atoms with E-state index in [0.717, 1.165) is 48.4 Å². The maximum atomic E-state index is 6.36. The molecule has 0 aliphatic heterocycles. The smallest absolute Gasteiger partial charge is 0.134 e. The van der Waals surface area contributed by atoms with Crippen molar-refractivity contribution in [3.05, 3.63) is 79.5 Å².